The maximum atomic E-state index is 12.8. The van der Waals surface area contributed by atoms with Crippen LogP contribution in [-0.4, -0.2) is 106 Å². The Kier molecular flexibility index (Phi) is 21.9. The highest BCUT2D eigenvalue weighted by Gasteiger charge is 2.25. The van der Waals surface area contributed by atoms with E-state index in [2.05, 4.69) is 57.8 Å². The van der Waals surface area contributed by atoms with Crippen LogP contribution in [-0.2, 0) is 39.2 Å². The lowest BCUT2D eigenvalue weighted by Gasteiger charge is -2.23. The van der Waals surface area contributed by atoms with Crippen molar-refractivity contribution in [2.45, 2.75) is 63.2 Å². The number of halogens is 2. The van der Waals surface area contributed by atoms with E-state index in [9.17, 15) is 19.2 Å². The predicted molar refractivity (Wildman–Crippen MR) is 197 cm³/mol. The number of nitrogens with two attached hydrogens (primary N) is 1. The number of primary amides is 1. The Morgan fingerprint density at radius 2 is 1.36 bits per heavy atom. The van der Waals surface area contributed by atoms with Crippen LogP contribution in [0.3, 0.4) is 0 Å². The molecule has 0 aliphatic heterocycles. The zero-order chi connectivity index (χ0) is 36.7. The maximum absolute atomic E-state index is 12.8. The van der Waals surface area contributed by atoms with Crippen molar-refractivity contribution in [1.29, 1.82) is 0 Å². The van der Waals surface area contributed by atoms with Crippen LogP contribution in [0.4, 0.5) is 4.79 Å². The van der Waals surface area contributed by atoms with E-state index in [1.807, 2.05) is 20.8 Å². The highest BCUT2D eigenvalue weighted by molar-refractivity contribution is 9.09. The van der Waals surface area contributed by atoms with Gasteiger partial charge in [-0.15, -0.1) is 0 Å². The number of carbonyl (C=O) groups excluding carboxylic acids is 4. The zero-order valence-corrected chi connectivity index (χ0v) is 32.4. The van der Waals surface area contributed by atoms with Gasteiger partial charge in [0.2, 0.25) is 5.91 Å². The average molecular weight is 833 g/mol. The summed E-state index contributed by atoms with van der Waals surface area (Å²) in [6.07, 6.45) is 2.00. The lowest BCUT2D eigenvalue weighted by atomic mass is 9.91. The van der Waals surface area contributed by atoms with E-state index < -0.39 is 12.1 Å². The molecule has 16 heteroatoms. The molecule has 0 saturated carbocycles. The summed E-state index contributed by atoms with van der Waals surface area (Å²) in [5, 5.41) is 9.42. The van der Waals surface area contributed by atoms with E-state index >= 15 is 0 Å². The standard InChI is InChI=1S/C34H52Br2N6O8/c1-23(2)32(30(43)19-24(3)5-4-9-39-34(37)46)42-31(44)8-11-47-13-15-49-17-18-50-16-14-48-12-10-38-33(45)25-6-7-26-27(20-25)41-29(22-36)28(21-35)40-26/h6-7,20,23-24,32H,4-5,8-19,21-22H2,1-3H3,(H,38,45)(H,42,44)(H3,37,39,46). The molecular weight excluding hydrogens is 780 g/mol. The second-order valence-corrected chi connectivity index (χ2v) is 13.2. The Hall–Kier alpha value is -2.76. The monoisotopic (exact) mass is 830 g/mol. The van der Waals surface area contributed by atoms with E-state index in [4.69, 9.17) is 24.7 Å². The van der Waals surface area contributed by atoms with E-state index in [1.165, 1.54) is 0 Å². The lowest BCUT2D eigenvalue weighted by molar-refractivity contribution is -0.130. The van der Waals surface area contributed by atoms with Gasteiger partial charge in [-0.2, -0.15) is 0 Å². The van der Waals surface area contributed by atoms with Gasteiger partial charge in [0.15, 0.2) is 5.78 Å². The Morgan fingerprint density at radius 1 is 0.780 bits per heavy atom. The number of rotatable bonds is 27. The first kappa shape index (κ1) is 43.4. The van der Waals surface area contributed by atoms with Crippen LogP contribution in [0.1, 0.15) is 68.2 Å². The number of ketones is 1. The van der Waals surface area contributed by atoms with Crippen LogP contribution in [0.15, 0.2) is 18.2 Å². The molecule has 2 unspecified atom stereocenters. The fourth-order valence-electron chi connectivity index (χ4n) is 4.85. The first-order valence-electron chi connectivity index (χ1n) is 16.9. The molecule has 0 spiro atoms. The molecule has 0 aliphatic carbocycles. The van der Waals surface area contributed by atoms with Crippen molar-refractivity contribution in [3.05, 3.63) is 35.2 Å². The summed E-state index contributed by atoms with van der Waals surface area (Å²) in [5.41, 5.74) is 8.67. The van der Waals surface area contributed by atoms with Gasteiger partial charge in [0.1, 0.15) is 0 Å². The van der Waals surface area contributed by atoms with Crippen LogP contribution >= 0.6 is 31.9 Å². The molecule has 1 aromatic carbocycles. The number of nitrogens with zero attached hydrogens (tertiary/aromatic N) is 2. The minimum absolute atomic E-state index is 0.00180. The molecule has 50 heavy (non-hydrogen) atoms. The van der Waals surface area contributed by atoms with Crippen LogP contribution < -0.4 is 21.7 Å². The van der Waals surface area contributed by atoms with Gasteiger partial charge >= 0.3 is 6.03 Å². The van der Waals surface area contributed by atoms with Gasteiger partial charge in [-0.3, -0.25) is 14.4 Å². The van der Waals surface area contributed by atoms with Gasteiger partial charge in [-0.25, -0.2) is 14.8 Å². The number of alkyl halides is 2. The van der Waals surface area contributed by atoms with Gasteiger partial charge in [-0.1, -0.05) is 52.6 Å². The van der Waals surface area contributed by atoms with Crippen molar-refractivity contribution in [2.75, 3.05) is 65.9 Å². The van der Waals surface area contributed by atoms with Crippen molar-refractivity contribution in [3.8, 4) is 0 Å². The van der Waals surface area contributed by atoms with E-state index in [1.54, 1.807) is 18.2 Å². The molecular formula is C34H52Br2N6O8. The molecule has 5 N–H and O–H groups in total. The summed E-state index contributed by atoms with van der Waals surface area (Å²) in [7, 11) is 0. The molecule has 4 amide bonds. The Morgan fingerprint density at radius 3 is 1.94 bits per heavy atom. The number of nitrogens with one attached hydrogen (secondary N) is 3. The number of fused-ring (bicyclic) bond motifs is 1. The Balaban J connectivity index is 1.46. The zero-order valence-electron chi connectivity index (χ0n) is 29.3. The Labute approximate surface area is 311 Å². The van der Waals surface area contributed by atoms with E-state index in [0.717, 1.165) is 29.7 Å². The van der Waals surface area contributed by atoms with Crippen molar-refractivity contribution in [3.63, 3.8) is 0 Å². The lowest BCUT2D eigenvalue weighted by Crippen LogP contribution is -2.45. The minimum atomic E-state index is -0.558. The van der Waals surface area contributed by atoms with Gasteiger partial charge in [0.05, 0.1) is 81.3 Å². The number of carbonyl (C=O) groups is 4. The minimum Gasteiger partial charge on any atom is -0.379 e. The summed E-state index contributed by atoms with van der Waals surface area (Å²) in [5.74, 6) is -0.350. The molecule has 2 aromatic rings. The first-order valence-corrected chi connectivity index (χ1v) is 19.2. The SMILES string of the molecule is CC(CCCNC(N)=O)CC(=O)C(NC(=O)CCOCCOCCOCCOCCNC(=O)c1ccc2nc(CBr)c(CBr)nc2c1)C(C)C. The highest BCUT2D eigenvalue weighted by Crippen LogP contribution is 2.19. The summed E-state index contributed by atoms with van der Waals surface area (Å²) in [6.45, 7) is 9.46. The molecule has 2 atom stereocenters. The highest BCUT2D eigenvalue weighted by atomic mass is 79.9. The average Bonchev–Trinajstić information content (AvgIpc) is 3.09. The molecule has 280 valence electrons. The third-order valence-corrected chi connectivity index (χ3v) is 8.57. The normalized spacial score (nSPS) is 12.5. The van der Waals surface area contributed by atoms with Crippen molar-refractivity contribution in [1.82, 2.24) is 25.9 Å². The number of amides is 4. The second-order valence-electron chi connectivity index (χ2n) is 12.0. The van der Waals surface area contributed by atoms with Gasteiger partial charge < -0.3 is 40.6 Å². The van der Waals surface area contributed by atoms with Crippen LogP contribution in [0.2, 0.25) is 0 Å². The van der Waals surface area contributed by atoms with Gasteiger partial charge in [0, 0.05) is 42.2 Å². The third kappa shape index (κ3) is 17.4. The molecule has 0 saturated heterocycles. The largest absolute Gasteiger partial charge is 0.379 e. The molecule has 0 radical (unpaired) electrons. The second kappa shape index (κ2) is 25.2. The summed E-state index contributed by atoms with van der Waals surface area (Å²) in [4.78, 5) is 57.8. The fraction of sp³-hybridized carbons (Fsp3) is 0.647. The molecule has 14 nitrogen and oxygen atoms in total. The topological polar surface area (TPSA) is 193 Å². The van der Waals surface area contributed by atoms with Crippen LogP contribution in [0.5, 0.6) is 0 Å². The smallest absolute Gasteiger partial charge is 0.312 e. The molecule has 0 aliphatic rings. The van der Waals surface area contributed by atoms with Crippen LogP contribution in [0, 0.1) is 11.8 Å². The molecule has 2 rings (SSSR count). The number of hydrogen-bond acceptors (Lipinski definition) is 10. The molecule has 0 fully saturated rings. The van der Waals surface area contributed by atoms with Crippen LogP contribution in [0.25, 0.3) is 11.0 Å². The molecule has 1 heterocycles. The van der Waals surface area contributed by atoms with Gasteiger partial charge in [0.25, 0.3) is 5.91 Å². The quantitative estimate of drug-likeness (QED) is 0.0761. The first-order chi connectivity index (χ1) is 24.0. The summed E-state index contributed by atoms with van der Waals surface area (Å²) >= 11 is 6.86. The van der Waals surface area contributed by atoms with Gasteiger partial charge in [-0.05, 0) is 42.9 Å². The van der Waals surface area contributed by atoms with Crippen molar-refractivity contribution in [2.24, 2.45) is 17.6 Å². The molecule has 0 bridgehead atoms. The van der Waals surface area contributed by atoms with Crippen molar-refractivity contribution >= 4 is 66.5 Å². The van der Waals surface area contributed by atoms with Crippen molar-refractivity contribution < 1.29 is 38.1 Å². The summed E-state index contributed by atoms with van der Waals surface area (Å²) in [6, 6.07) is 4.15. The fourth-order valence-corrected chi connectivity index (χ4v) is 5.75. The number of urea groups is 1. The number of aromatic nitrogens is 2. The summed E-state index contributed by atoms with van der Waals surface area (Å²) < 4.78 is 22.0. The third-order valence-electron chi connectivity index (χ3n) is 7.51. The number of benzene rings is 1. The maximum Gasteiger partial charge on any atom is 0.312 e. The number of Topliss-reactive ketones (excluding diaryl/α,β-unsaturated/α-hetero) is 1. The van der Waals surface area contributed by atoms with E-state index in [0.29, 0.717) is 87.5 Å². The predicted octanol–water partition coefficient (Wildman–Crippen LogP) is 3.79. The number of hydrogen-bond donors (Lipinski definition) is 4. The molecule has 1 aromatic heterocycles. The van der Waals surface area contributed by atoms with E-state index in [-0.39, 0.29) is 42.5 Å². The Bertz CT molecular complexity index is 1350. The number of ether oxygens (including phenoxy) is 4.